The molecule has 0 amide bonds. The highest BCUT2D eigenvalue weighted by molar-refractivity contribution is 5.46. The molecule has 1 unspecified atom stereocenters. The first-order valence-electron chi connectivity index (χ1n) is 8.39. The Morgan fingerprint density at radius 3 is 2.96 bits per heavy atom. The van der Waals surface area contributed by atoms with Crippen molar-refractivity contribution in [3.63, 3.8) is 0 Å². The highest BCUT2D eigenvalue weighted by Gasteiger charge is 2.21. The maximum absolute atomic E-state index is 5.49. The molecule has 0 radical (unpaired) electrons. The molecular formula is C18H21N3O4. The fourth-order valence-corrected chi connectivity index (χ4v) is 3.02. The minimum atomic E-state index is 0.283. The second-order valence-corrected chi connectivity index (χ2v) is 6.13. The minimum Gasteiger partial charge on any atom is -0.454 e. The molecule has 1 atom stereocenters. The van der Waals surface area contributed by atoms with Crippen LogP contribution in [-0.4, -0.2) is 37.1 Å². The van der Waals surface area contributed by atoms with E-state index in [1.165, 1.54) is 0 Å². The number of benzene rings is 1. The van der Waals surface area contributed by atoms with Crippen molar-refractivity contribution in [3.05, 3.63) is 41.3 Å². The molecule has 2 aliphatic heterocycles. The predicted octanol–water partition coefficient (Wildman–Crippen LogP) is 2.47. The van der Waals surface area contributed by atoms with Gasteiger partial charge in [0, 0.05) is 32.2 Å². The van der Waals surface area contributed by atoms with Crippen LogP contribution in [-0.2, 0) is 22.6 Å². The summed E-state index contributed by atoms with van der Waals surface area (Å²) in [5.41, 5.74) is 2.11. The van der Waals surface area contributed by atoms with Gasteiger partial charge < -0.3 is 24.3 Å². The minimum absolute atomic E-state index is 0.283. The van der Waals surface area contributed by atoms with Crippen LogP contribution in [0.15, 0.2) is 24.3 Å². The van der Waals surface area contributed by atoms with E-state index in [-0.39, 0.29) is 6.79 Å². The van der Waals surface area contributed by atoms with Crippen molar-refractivity contribution >= 4 is 5.82 Å². The van der Waals surface area contributed by atoms with Crippen molar-refractivity contribution in [2.75, 3.05) is 32.4 Å². The Balaban J connectivity index is 1.50. The first-order valence-corrected chi connectivity index (χ1v) is 8.39. The Bertz CT molecular complexity index is 747. The highest BCUT2D eigenvalue weighted by Crippen LogP contribution is 2.32. The van der Waals surface area contributed by atoms with E-state index >= 15 is 0 Å². The van der Waals surface area contributed by atoms with E-state index in [0.717, 1.165) is 41.6 Å². The lowest BCUT2D eigenvalue weighted by atomic mass is 10.0. The molecule has 3 heterocycles. The third kappa shape index (κ3) is 3.67. The van der Waals surface area contributed by atoms with Crippen LogP contribution in [0.1, 0.15) is 29.4 Å². The molecule has 0 aliphatic carbocycles. The van der Waals surface area contributed by atoms with E-state index in [1.807, 2.05) is 24.3 Å². The SMILES string of the molecule is COCc1nc(NCc2ccc3c(c2)OCO3)cc(C2CCOC2)n1. The molecule has 4 rings (SSSR count). The molecule has 2 aromatic rings. The fourth-order valence-electron chi connectivity index (χ4n) is 3.02. The van der Waals surface area contributed by atoms with E-state index in [2.05, 4.69) is 15.3 Å². The molecule has 7 nitrogen and oxygen atoms in total. The molecular weight excluding hydrogens is 322 g/mol. The van der Waals surface area contributed by atoms with Crippen LogP contribution in [0.5, 0.6) is 11.5 Å². The van der Waals surface area contributed by atoms with E-state index in [1.54, 1.807) is 7.11 Å². The summed E-state index contributed by atoms with van der Waals surface area (Å²) in [5, 5.41) is 3.37. The summed E-state index contributed by atoms with van der Waals surface area (Å²) in [6, 6.07) is 7.93. The van der Waals surface area contributed by atoms with E-state index in [9.17, 15) is 0 Å². The van der Waals surface area contributed by atoms with Gasteiger partial charge in [-0.1, -0.05) is 6.07 Å². The summed E-state index contributed by atoms with van der Waals surface area (Å²) in [5.74, 6) is 3.37. The van der Waals surface area contributed by atoms with Crippen molar-refractivity contribution in [2.24, 2.45) is 0 Å². The maximum Gasteiger partial charge on any atom is 0.231 e. The number of hydrogen-bond acceptors (Lipinski definition) is 7. The summed E-state index contributed by atoms with van der Waals surface area (Å²) in [6.45, 7) is 2.81. The Morgan fingerprint density at radius 1 is 1.20 bits per heavy atom. The average Bonchev–Trinajstić information content (AvgIpc) is 3.31. The Hall–Kier alpha value is -2.38. The van der Waals surface area contributed by atoms with Gasteiger partial charge in [-0.05, 0) is 24.1 Å². The largest absolute Gasteiger partial charge is 0.454 e. The standard InChI is InChI=1S/C18H21N3O4/c1-22-10-18-20-14(13-4-5-23-9-13)7-17(21-18)19-8-12-2-3-15-16(6-12)25-11-24-15/h2-3,6-7,13H,4-5,8-11H2,1H3,(H,19,20,21). The van der Waals surface area contributed by atoms with Crippen LogP contribution in [0.2, 0.25) is 0 Å². The lowest BCUT2D eigenvalue weighted by Gasteiger charge is -2.13. The summed E-state index contributed by atoms with van der Waals surface area (Å²) in [7, 11) is 1.65. The normalized spacial score (nSPS) is 18.5. The van der Waals surface area contributed by atoms with Crippen LogP contribution in [0.25, 0.3) is 0 Å². The van der Waals surface area contributed by atoms with Crippen molar-refractivity contribution in [1.82, 2.24) is 9.97 Å². The molecule has 0 bridgehead atoms. The van der Waals surface area contributed by atoms with Gasteiger partial charge in [0.05, 0.1) is 12.3 Å². The highest BCUT2D eigenvalue weighted by atomic mass is 16.7. The van der Waals surface area contributed by atoms with Gasteiger partial charge in [-0.2, -0.15) is 0 Å². The number of aromatic nitrogens is 2. The van der Waals surface area contributed by atoms with Gasteiger partial charge in [-0.25, -0.2) is 9.97 Å². The van der Waals surface area contributed by atoms with Crippen LogP contribution < -0.4 is 14.8 Å². The van der Waals surface area contributed by atoms with Gasteiger partial charge in [-0.3, -0.25) is 0 Å². The Kier molecular flexibility index (Phi) is 4.67. The van der Waals surface area contributed by atoms with Crippen molar-refractivity contribution < 1.29 is 18.9 Å². The number of rotatable bonds is 6. The number of hydrogen-bond donors (Lipinski definition) is 1. The molecule has 1 aromatic carbocycles. The van der Waals surface area contributed by atoms with Gasteiger partial charge in [0.2, 0.25) is 6.79 Å². The van der Waals surface area contributed by atoms with E-state index in [0.29, 0.717) is 31.5 Å². The molecule has 132 valence electrons. The van der Waals surface area contributed by atoms with Gasteiger partial charge in [0.1, 0.15) is 12.4 Å². The molecule has 0 spiro atoms. The van der Waals surface area contributed by atoms with Gasteiger partial charge in [0.15, 0.2) is 17.3 Å². The smallest absolute Gasteiger partial charge is 0.231 e. The number of fused-ring (bicyclic) bond motifs is 1. The Morgan fingerprint density at radius 2 is 2.12 bits per heavy atom. The zero-order valence-electron chi connectivity index (χ0n) is 14.2. The lowest BCUT2D eigenvalue weighted by Crippen LogP contribution is -2.10. The summed E-state index contributed by atoms with van der Waals surface area (Å²) in [4.78, 5) is 9.15. The Labute approximate surface area is 146 Å². The number of nitrogens with zero attached hydrogens (tertiary/aromatic N) is 2. The summed E-state index contributed by atoms with van der Waals surface area (Å²) < 4.78 is 21.4. The van der Waals surface area contributed by atoms with Crippen LogP contribution >= 0.6 is 0 Å². The van der Waals surface area contributed by atoms with Gasteiger partial charge >= 0.3 is 0 Å². The van der Waals surface area contributed by atoms with Gasteiger partial charge in [-0.15, -0.1) is 0 Å². The summed E-state index contributed by atoms with van der Waals surface area (Å²) >= 11 is 0. The first kappa shape index (κ1) is 16.1. The van der Waals surface area contributed by atoms with E-state index in [4.69, 9.17) is 18.9 Å². The number of ether oxygens (including phenoxy) is 4. The molecule has 1 N–H and O–H groups in total. The molecule has 1 aromatic heterocycles. The molecule has 0 saturated carbocycles. The number of methoxy groups -OCH3 is 1. The van der Waals surface area contributed by atoms with Crippen molar-refractivity contribution in [1.29, 1.82) is 0 Å². The predicted molar refractivity (Wildman–Crippen MR) is 90.8 cm³/mol. The molecule has 7 heteroatoms. The van der Waals surface area contributed by atoms with Gasteiger partial charge in [0.25, 0.3) is 0 Å². The first-order chi connectivity index (χ1) is 12.3. The second kappa shape index (κ2) is 7.25. The molecule has 1 fully saturated rings. The van der Waals surface area contributed by atoms with E-state index < -0.39 is 0 Å². The van der Waals surface area contributed by atoms with Crippen LogP contribution in [0.4, 0.5) is 5.82 Å². The molecule has 25 heavy (non-hydrogen) atoms. The van der Waals surface area contributed by atoms with Crippen LogP contribution in [0, 0.1) is 0 Å². The maximum atomic E-state index is 5.49. The zero-order valence-corrected chi connectivity index (χ0v) is 14.2. The number of nitrogens with one attached hydrogen (secondary N) is 1. The van der Waals surface area contributed by atoms with Crippen molar-refractivity contribution in [2.45, 2.75) is 25.5 Å². The third-order valence-electron chi connectivity index (χ3n) is 4.32. The monoisotopic (exact) mass is 343 g/mol. The average molecular weight is 343 g/mol. The molecule has 2 aliphatic rings. The second-order valence-electron chi connectivity index (χ2n) is 6.13. The lowest BCUT2D eigenvalue weighted by molar-refractivity contribution is 0.174. The number of anilines is 1. The van der Waals surface area contributed by atoms with Crippen molar-refractivity contribution in [3.8, 4) is 11.5 Å². The topological polar surface area (TPSA) is 74.7 Å². The third-order valence-corrected chi connectivity index (χ3v) is 4.32. The zero-order chi connectivity index (χ0) is 17.1. The summed E-state index contributed by atoms with van der Waals surface area (Å²) in [6.07, 6.45) is 0.991. The quantitative estimate of drug-likeness (QED) is 0.863. The van der Waals surface area contributed by atoms with Crippen LogP contribution in [0.3, 0.4) is 0 Å². The fraction of sp³-hybridized carbons (Fsp3) is 0.444. The molecule has 1 saturated heterocycles.